The molecule has 29 heavy (non-hydrogen) atoms. The van der Waals surface area contributed by atoms with Crippen LogP contribution in [-0.4, -0.2) is 35.3 Å². The van der Waals surface area contributed by atoms with E-state index >= 15 is 0 Å². The van der Waals surface area contributed by atoms with Crippen LogP contribution < -0.4 is 5.32 Å². The first-order chi connectivity index (χ1) is 13.9. The summed E-state index contributed by atoms with van der Waals surface area (Å²) < 4.78 is 25.0. The first-order valence-corrected chi connectivity index (χ1v) is 11.7. The van der Waals surface area contributed by atoms with Crippen molar-refractivity contribution in [3.05, 3.63) is 59.6 Å². The van der Waals surface area contributed by atoms with E-state index in [0.29, 0.717) is 34.5 Å². The fourth-order valence-electron chi connectivity index (χ4n) is 3.00. The van der Waals surface area contributed by atoms with Crippen molar-refractivity contribution < 1.29 is 13.2 Å². The van der Waals surface area contributed by atoms with Gasteiger partial charge in [-0.2, -0.15) is 5.10 Å². The number of amides is 1. The predicted molar refractivity (Wildman–Crippen MR) is 114 cm³/mol. The molecule has 4 rings (SSSR count). The van der Waals surface area contributed by atoms with Crippen molar-refractivity contribution in [1.29, 1.82) is 0 Å². The van der Waals surface area contributed by atoms with E-state index in [1.54, 1.807) is 40.4 Å². The molecular weight excluding hydrogens is 408 g/mol. The number of rotatable bonds is 5. The third kappa shape index (κ3) is 3.79. The maximum atomic E-state index is 13.0. The fraction of sp³-hybridized carbons (Fsp3) is 0.150. The van der Waals surface area contributed by atoms with Crippen LogP contribution in [0.3, 0.4) is 0 Å². The smallest absolute Gasteiger partial charge is 0.256 e. The highest BCUT2D eigenvalue weighted by atomic mass is 32.2. The second-order valence-corrected chi connectivity index (χ2v) is 9.44. The summed E-state index contributed by atoms with van der Waals surface area (Å²) in [5, 5.41) is 9.79. The van der Waals surface area contributed by atoms with Gasteiger partial charge in [0.15, 0.2) is 15.5 Å². The Kier molecular flexibility index (Phi) is 4.93. The van der Waals surface area contributed by atoms with Crippen LogP contribution in [0.25, 0.3) is 21.6 Å². The van der Waals surface area contributed by atoms with Crippen molar-refractivity contribution >= 4 is 43.8 Å². The van der Waals surface area contributed by atoms with Crippen LogP contribution in [0.2, 0.25) is 0 Å². The highest BCUT2D eigenvalue weighted by Gasteiger charge is 2.18. The molecule has 0 fully saturated rings. The largest absolute Gasteiger partial charge is 0.322 e. The summed E-state index contributed by atoms with van der Waals surface area (Å²) >= 11 is 1.55. The van der Waals surface area contributed by atoms with Crippen LogP contribution >= 0.6 is 11.3 Å². The highest BCUT2D eigenvalue weighted by Crippen LogP contribution is 2.28. The van der Waals surface area contributed by atoms with E-state index in [-0.39, 0.29) is 10.8 Å². The number of aryl methyl sites for hydroxylation is 1. The van der Waals surface area contributed by atoms with E-state index < -0.39 is 9.84 Å². The van der Waals surface area contributed by atoms with Crippen molar-refractivity contribution in [2.24, 2.45) is 0 Å². The van der Waals surface area contributed by atoms with Gasteiger partial charge in [0, 0.05) is 18.5 Å². The van der Waals surface area contributed by atoms with E-state index in [2.05, 4.69) is 10.4 Å². The predicted octanol–water partition coefficient (Wildman–Crippen LogP) is 3.84. The molecule has 0 aliphatic rings. The van der Waals surface area contributed by atoms with Crippen LogP contribution in [0.1, 0.15) is 17.3 Å². The number of carbonyl (C=O) groups is 1. The molecule has 4 aromatic rings. The van der Waals surface area contributed by atoms with E-state index in [4.69, 9.17) is 4.98 Å². The summed E-state index contributed by atoms with van der Waals surface area (Å²) in [5.74, 6) is -0.307. The van der Waals surface area contributed by atoms with Crippen LogP contribution in [0, 0.1) is 0 Å². The number of benzene rings is 1. The maximum Gasteiger partial charge on any atom is 0.256 e. The van der Waals surface area contributed by atoms with Gasteiger partial charge in [-0.25, -0.2) is 18.1 Å². The summed E-state index contributed by atoms with van der Waals surface area (Å²) in [6.45, 7) is 2.60. The molecule has 0 atom stereocenters. The number of pyridine rings is 1. The van der Waals surface area contributed by atoms with Crippen LogP contribution in [0.15, 0.2) is 58.9 Å². The monoisotopic (exact) mass is 426 g/mol. The molecule has 0 radical (unpaired) electrons. The summed E-state index contributed by atoms with van der Waals surface area (Å²) in [6.07, 6.45) is 2.79. The average molecular weight is 427 g/mol. The molecule has 9 heteroatoms. The van der Waals surface area contributed by atoms with Crippen LogP contribution in [0.5, 0.6) is 0 Å². The minimum absolute atomic E-state index is 0.200. The SMILES string of the molecule is CCn1ncc2c(C(=O)Nc3ccc(S(C)(=O)=O)cc3)cc(-c3cccs3)nc21. The molecule has 148 valence electrons. The Labute approximate surface area is 171 Å². The summed E-state index contributed by atoms with van der Waals surface area (Å²) in [6, 6.07) is 11.7. The van der Waals surface area contributed by atoms with Gasteiger partial charge in [0.1, 0.15) is 0 Å². The molecule has 1 amide bonds. The number of anilines is 1. The van der Waals surface area contributed by atoms with Crippen LogP contribution in [-0.2, 0) is 16.4 Å². The molecule has 0 spiro atoms. The molecule has 0 aliphatic carbocycles. The number of aromatic nitrogens is 3. The molecule has 0 saturated carbocycles. The molecule has 7 nitrogen and oxygen atoms in total. The van der Waals surface area contributed by atoms with Crippen molar-refractivity contribution in [3.63, 3.8) is 0 Å². The zero-order chi connectivity index (χ0) is 20.6. The lowest BCUT2D eigenvalue weighted by Crippen LogP contribution is -2.13. The molecule has 0 unspecified atom stereocenters. The Hall–Kier alpha value is -3.04. The number of sulfone groups is 1. The Morgan fingerprint density at radius 2 is 1.97 bits per heavy atom. The minimum atomic E-state index is -3.29. The topological polar surface area (TPSA) is 94.0 Å². The van der Waals surface area contributed by atoms with Gasteiger partial charge in [-0.05, 0) is 48.7 Å². The Balaban J connectivity index is 1.74. The second kappa shape index (κ2) is 7.41. The summed E-state index contributed by atoms with van der Waals surface area (Å²) in [4.78, 5) is 18.9. The third-order valence-electron chi connectivity index (χ3n) is 4.47. The molecular formula is C20H18N4O3S2. The Morgan fingerprint density at radius 1 is 1.21 bits per heavy atom. The van der Waals surface area contributed by atoms with Crippen molar-refractivity contribution in [1.82, 2.24) is 14.8 Å². The van der Waals surface area contributed by atoms with Crippen LogP contribution in [0.4, 0.5) is 5.69 Å². The molecule has 1 aromatic carbocycles. The number of hydrogen-bond donors (Lipinski definition) is 1. The summed E-state index contributed by atoms with van der Waals surface area (Å²) in [5.41, 5.74) is 2.33. The van der Waals surface area contributed by atoms with Crippen molar-refractivity contribution in [3.8, 4) is 10.6 Å². The number of nitrogens with one attached hydrogen (secondary N) is 1. The van der Waals surface area contributed by atoms with Gasteiger partial charge in [-0.3, -0.25) is 4.79 Å². The first kappa shape index (κ1) is 19.3. The molecule has 3 heterocycles. The number of thiophene rings is 1. The first-order valence-electron chi connectivity index (χ1n) is 8.88. The van der Waals surface area contributed by atoms with Gasteiger partial charge >= 0.3 is 0 Å². The standard InChI is InChI=1S/C20H18N4O3S2/c1-3-24-19-16(12-21-24)15(11-17(23-19)18-5-4-10-28-18)20(25)22-13-6-8-14(9-7-13)29(2,26)27/h4-12H,3H2,1-2H3,(H,22,25). The number of nitrogens with zero attached hydrogens (tertiary/aromatic N) is 3. The molecule has 0 saturated heterocycles. The van der Waals surface area contributed by atoms with Gasteiger partial charge in [0.05, 0.1) is 32.6 Å². The number of hydrogen-bond acceptors (Lipinski definition) is 6. The van der Waals surface area contributed by atoms with Gasteiger partial charge < -0.3 is 5.32 Å². The Bertz CT molecular complexity index is 1290. The lowest BCUT2D eigenvalue weighted by molar-refractivity contribution is 0.102. The van der Waals surface area contributed by atoms with E-state index in [0.717, 1.165) is 11.1 Å². The lowest BCUT2D eigenvalue weighted by Gasteiger charge is -2.09. The zero-order valence-corrected chi connectivity index (χ0v) is 17.4. The summed E-state index contributed by atoms with van der Waals surface area (Å²) in [7, 11) is -3.29. The molecule has 0 bridgehead atoms. The molecule has 1 N–H and O–H groups in total. The zero-order valence-electron chi connectivity index (χ0n) is 15.8. The van der Waals surface area contributed by atoms with E-state index in [9.17, 15) is 13.2 Å². The average Bonchev–Trinajstić information content (AvgIpc) is 3.36. The molecule has 0 aliphatic heterocycles. The normalized spacial score (nSPS) is 11.7. The number of carbonyl (C=O) groups excluding carboxylic acids is 1. The second-order valence-electron chi connectivity index (χ2n) is 6.48. The van der Waals surface area contributed by atoms with Gasteiger partial charge in [0.2, 0.25) is 0 Å². The van der Waals surface area contributed by atoms with Gasteiger partial charge in [0.25, 0.3) is 5.91 Å². The quantitative estimate of drug-likeness (QED) is 0.523. The highest BCUT2D eigenvalue weighted by molar-refractivity contribution is 7.90. The van der Waals surface area contributed by atoms with Crippen molar-refractivity contribution in [2.45, 2.75) is 18.4 Å². The number of fused-ring (bicyclic) bond motifs is 1. The Morgan fingerprint density at radius 3 is 2.59 bits per heavy atom. The minimum Gasteiger partial charge on any atom is -0.322 e. The van der Waals surface area contributed by atoms with E-state index in [1.807, 2.05) is 24.4 Å². The van der Waals surface area contributed by atoms with Gasteiger partial charge in [-0.15, -0.1) is 11.3 Å². The van der Waals surface area contributed by atoms with Gasteiger partial charge in [-0.1, -0.05) is 6.07 Å². The van der Waals surface area contributed by atoms with Crippen molar-refractivity contribution in [2.75, 3.05) is 11.6 Å². The lowest BCUT2D eigenvalue weighted by atomic mass is 10.1. The molecule has 3 aromatic heterocycles. The van der Waals surface area contributed by atoms with E-state index in [1.165, 1.54) is 12.1 Å². The fourth-order valence-corrected chi connectivity index (χ4v) is 4.32. The third-order valence-corrected chi connectivity index (χ3v) is 6.49. The maximum absolute atomic E-state index is 13.0.